The Kier molecular flexibility index (Phi) is 17.1. The largest absolute Gasteiger partial charge is 0.497 e. The summed E-state index contributed by atoms with van der Waals surface area (Å²) in [6.07, 6.45) is -0.675. The van der Waals surface area contributed by atoms with Gasteiger partial charge in [-0.1, -0.05) is 55.8 Å². The first-order valence-electron chi connectivity index (χ1n) is 20.0. The number of rotatable bonds is 21. The van der Waals surface area contributed by atoms with Crippen LogP contribution in [-0.4, -0.2) is 87.9 Å². The zero-order valence-corrected chi connectivity index (χ0v) is 35.5. The Bertz CT molecular complexity index is 1640. The minimum atomic E-state index is -1.35. The number of benzene rings is 3. The summed E-state index contributed by atoms with van der Waals surface area (Å²) in [4.78, 5) is 0. The van der Waals surface area contributed by atoms with Crippen LogP contribution in [0.5, 0.6) is 17.2 Å². The van der Waals surface area contributed by atoms with Crippen LogP contribution in [0.15, 0.2) is 84.9 Å². The summed E-state index contributed by atoms with van der Waals surface area (Å²) in [5.41, 5.74) is 3.86. The van der Waals surface area contributed by atoms with E-state index in [4.69, 9.17) is 54.2 Å². The molecule has 2 fully saturated rings. The molecule has 0 amide bonds. The van der Waals surface area contributed by atoms with E-state index in [9.17, 15) is 5.11 Å². The smallest absolute Gasteiger partial charge is 0.199 e. The average Bonchev–Trinajstić information content (AvgIpc) is 3.22. The quantitative estimate of drug-likeness (QED) is 0.0639. The SMILES string of the molecule is C=C(C)C[C@H]1O[C@@H]([C@H](OCc2ccc(OC)cc2)[C@@]2(OC)C[C@H](O)[C@@H](C)[C@@H](CCCCCl)O2)[C@H](C)[C@@H](OCc2ccc(OC)cc2)[C@@H]1OCc1ccc(OC)cc1. The lowest BCUT2D eigenvalue weighted by atomic mass is 9.78. The molecule has 57 heavy (non-hydrogen) atoms. The van der Waals surface area contributed by atoms with E-state index in [1.807, 2.05) is 86.6 Å². The highest BCUT2D eigenvalue weighted by molar-refractivity contribution is 6.17. The zero-order chi connectivity index (χ0) is 41.0. The van der Waals surface area contributed by atoms with E-state index < -0.39 is 42.4 Å². The van der Waals surface area contributed by atoms with E-state index in [1.54, 1.807) is 28.4 Å². The Morgan fingerprint density at radius 2 is 1.26 bits per heavy atom. The molecule has 0 aromatic heterocycles. The maximum absolute atomic E-state index is 11.7. The fourth-order valence-corrected chi connectivity index (χ4v) is 8.13. The molecule has 11 heteroatoms. The Hall–Kier alpha value is -3.19. The van der Waals surface area contributed by atoms with Crippen LogP contribution in [0.4, 0.5) is 0 Å². The molecule has 2 heterocycles. The standard InChI is InChI=1S/C46H63ClO10/c1-30(2)25-41-44(54-28-34-14-20-37(50-6)21-15-34)42(53-27-33-12-18-36(49-5)19-13-33)32(4)43(56-41)45(55-29-35-16-22-38(51-7)23-17-35)46(52-8)26-39(48)31(3)40(57-46)11-9-10-24-47/h12-23,31-32,39-45,48H,1,9-11,24-29H2,2-8H3/t31-,32-,39+,40-,41-,42-,43-,44-,45+,46-/m1/s1. The summed E-state index contributed by atoms with van der Waals surface area (Å²) in [6.45, 7) is 11.3. The predicted octanol–water partition coefficient (Wildman–Crippen LogP) is 8.68. The van der Waals surface area contributed by atoms with Crippen LogP contribution in [-0.2, 0) is 48.2 Å². The van der Waals surface area contributed by atoms with Crippen LogP contribution < -0.4 is 14.2 Å². The van der Waals surface area contributed by atoms with Crippen LogP contribution >= 0.6 is 11.6 Å². The molecule has 2 saturated heterocycles. The van der Waals surface area contributed by atoms with Crippen molar-refractivity contribution in [1.29, 1.82) is 0 Å². The molecule has 314 valence electrons. The first-order valence-corrected chi connectivity index (χ1v) is 20.6. The molecule has 0 saturated carbocycles. The van der Waals surface area contributed by atoms with Crippen molar-refractivity contribution in [3.63, 3.8) is 0 Å². The Labute approximate surface area is 344 Å². The Balaban J connectivity index is 1.54. The highest BCUT2D eigenvalue weighted by Crippen LogP contribution is 2.45. The van der Waals surface area contributed by atoms with Gasteiger partial charge in [-0.15, -0.1) is 18.2 Å². The third-order valence-electron chi connectivity index (χ3n) is 11.4. The van der Waals surface area contributed by atoms with Crippen LogP contribution in [0.1, 0.15) is 69.6 Å². The van der Waals surface area contributed by atoms with Gasteiger partial charge in [0.2, 0.25) is 0 Å². The summed E-state index contributed by atoms with van der Waals surface area (Å²) in [5, 5.41) is 11.7. The Morgan fingerprint density at radius 1 is 0.754 bits per heavy atom. The summed E-state index contributed by atoms with van der Waals surface area (Å²) in [7, 11) is 6.57. The molecule has 0 aliphatic carbocycles. The number of aliphatic hydroxyl groups excluding tert-OH is 1. The molecule has 3 aromatic rings. The number of ether oxygens (including phenoxy) is 9. The highest BCUT2D eigenvalue weighted by atomic mass is 35.5. The van der Waals surface area contributed by atoms with Crippen LogP contribution in [0, 0.1) is 11.8 Å². The maximum Gasteiger partial charge on any atom is 0.199 e. The highest BCUT2D eigenvalue weighted by Gasteiger charge is 2.58. The van der Waals surface area contributed by atoms with Gasteiger partial charge in [-0.25, -0.2) is 0 Å². The van der Waals surface area contributed by atoms with E-state index in [1.165, 1.54) is 0 Å². The third-order valence-corrected chi connectivity index (χ3v) is 11.7. The van der Waals surface area contributed by atoms with Gasteiger partial charge in [-0.3, -0.25) is 0 Å². The summed E-state index contributed by atoms with van der Waals surface area (Å²) < 4.78 is 57.7. The van der Waals surface area contributed by atoms with Crippen molar-refractivity contribution < 1.29 is 47.7 Å². The van der Waals surface area contributed by atoms with Crippen molar-refractivity contribution in [2.24, 2.45) is 11.8 Å². The van der Waals surface area contributed by atoms with E-state index in [2.05, 4.69) is 13.5 Å². The molecule has 2 aliphatic heterocycles. The van der Waals surface area contributed by atoms with Crippen molar-refractivity contribution in [3.05, 3.63) is 102 Å². The average molecular weight is 811 g/mol. The fourth-order valence-electron chi connectivity index (χ4n) is 7.94. The molecule has 0 bridgehead atoms. The van der Waals surface area contributed by atoms with Gasteiger partial charge < -0.3 is 47.7 Å². The third kappa shape index (κ3) is 11.7. The summed E-state index contributed by atoms with van der Waals surface area (Å²) in [5.74, 6) is 1.08. The molecule has 5 rings (SSSR count). The Morgan fingerprint density at radius 3 is 1.74 bits per heavy atom. The van der Waals surface area contributed by atoms with Gasteiger partial charge in [0.25, 0.3) is 0 Å². The number of hydrogen-bond donors (Lipinski definition) is 1. The lowest BCUT2D eigenvalue weighted by molar-refractivity contribution is -0.368. The number of methoxy groups -OCH3 is 4. The topological polar surface area (TPSA) is 103 Å². The van der Waals surface area contributed by atoms with Crippen LogP contribution in [0.2, 0.25) is 0 Å². The first-order chi connectivity index (χ1) is 27.5. The van der Waals surface area contributed by atoms with Gasteiger partial charge in [-0.05, 0) is 85.7 Å². The number of hydrogen-bond acceptors (Lipinski definition) is 10. The number of halogens is 1. The van der Waals surface area contributed by atoms with Gasteiger partial charge >= 0.3 is 0 Å². The number of alkyl halides is 1. The van der Waals surface area contributed by atoms with Crippen molar-refractivity contribution in [2.75, 3.05) is 34.3 Å². The molecule has 0 unspecified atom stereocenters. The van der Waals surface area contributed by atoms with E-state index >= 15 is 0 Å². The van der Waals surface area contributed by atoms with Crippen molar-refractivity contribution in [3.8, 4) is 17.2 Å². The lowest BCUT2D eigenvalue weighted by Crippen LogP contribution is -2.67. The number of unbranched alkanes of at least 4 members (excludes halogenated alkanes) is 1. The minimum Gasteiger partial charge on any atom is -0.497 e. The molecule has 3 aromatic carbocycles. The van der Waals surface area contributed by atoms with Crippen molar-refractivity contribution in [2.45, 2.75) is 121 Å². The summed E-state index contributed by atoms with van der Waals surface area (Å²) >= 11 is 6.08. The fraction of sp³-hybridized carbons (Fsp3) is 0.565. The monoisotopic (exact) mass is 810 g/mol. The molecular weight excluding hydrogens is 748 g/mol. The van der Waals surface area contributed by atoms with Crippen LogP contribution in [0.3, 0.4) is 0 Å². The summed E-state index contributed by atoms with van der Waals surface area (Å²) in [6, 6.07) is 23.5. The van der Waals surface area contributed by atoms with Gasteiger partial charge in [0.05, 0.1) is 71.7 Å². The second-order valence-electron chi connectivity index (χ2n) is 15.5. The van der Waals surface area contributed by atoms with Crippen molar-refractivity contribution >= 4 is 11.6 Å². The van der Waals surface area contributed by atoms with E-state index in [0.29, 0.717) is 25.5 Å². The molecule has 1 N–H and O–H groups in total. The first kappa shape index (κ1) is 44.9. The van der Waals surface area contributed by atoms with Gasteiger partial charge in [0, 0.05) is 31.2 Å². The lowest BCUT2D eigenvalue weighted by Gasteiger charge is -2.54. The normalized spacial score (nSPS) is 28.1. The molecule has 0 spiro atoms. The number of aliphatic hydroxyl groups is 1. The maximum atomic E-state index is 11.7. The van der Waals surface area contributed by atoms with Crippen LogP contribution in [0.25, 0.3) is 0 Å². The second kappa shape index (κ2) is 21.7. The molecular formula is C46H63ClO10. The van der Waals surface area contributed by atoms with E-state index in [0.717, 1.165) is 58.8 Å². The molecule has 2 aliphatic rings. The zero-order valence-electron chi connectivity index (χ0n) is 34.7. The van der Waals surface area contributed by atoms with Gasteiger partial charge in [0.15, 0.2) is 5.79 Å². The molecule has 10 atom stereocenters. The molecule has 0 radical (unpaired) electrons. The van der Waals surface area contributed by atoms with Crippen molar-refractivity contribution in [1.82, 2.24) is 0 Å². The molecule has 10 nitrogen and oxygen atoms in total. The van der Waals surface area contributed by atoms with Gasteiger partial charge in [-0.2, -0.15) is 0 Å². The van der Waals surface area contributed by atoms with E-state index in [-0.39, 0.29) is 31.0 Å². The predicted molar refractivity (Wildman–Crippen MR) is 221 cm³/mol. The van der Waals surface area contributed by atoms with Gasteiger partial charge in [0.1, 0.15) is 29.5 Å². The second-order valence-corrected chi connectivity index (χ2v) is 15.9. The minimum absolute atomic E-state index is 0.122.